The quantitative estimate of drug-likeness (QED) is 0.920. The predicted molar refractivity (Wildman–Crippen MR) is 74.4 cm³/mol. The fraction of sp³-hybridized carbons (Fsp3) is 0.267. The van der Waals surface area contributed by atoms with Crippen LogP contribution < -0.4 is 10.1 Å². The molecule has 0 radical (unpaired) electrons. The van der Waals surface area contributed by atoms with Crippen LogP contribution in [0.15, 0.2) is 42.6 Å². The first-order chi connectivity index (χ1) is 9.99. The maximum absolute atomic E-state index is 12.4. The number of benzene rings is 1. The number of hydrogen-bond donors (Lipinski definition) is 1. The van der Waals surface area contributed by atoms with Crippen molar-refractivity contribution in [1.29, 1.82) is 0 Å². The van der Waals surface area contributed by atoms with Crippen LogP contribution in [-0.2, 0) is 7.05 Å². The molecule has 0 fully saturated rings. The smallest absolute Gasteiger partial charge is 0.387 e. The van der Waals surface area contributed by atoms with Crippen molar-refractivity contribution in [3.63, 3.8) is 0 Å². The van der Waals surface area contributed by atoms with Crippen LogP contribution in [0.3, 0.4) is 0 Å². The van der Waals surface area contributed by atoms with Gasteiger partial charge in [0.25, 0.3) is 5.91 Å². The van der Waals surface area contributed by atoms with Crippen LogP contribution in [-0.4, -0.2) is 17.1 Å². The summed E-state index contributed by atoms with van der Waals surface area (Å²) in [6.45, 7) is -1.18. The van der Waals surface area contributed by atoms with Crippen molar-refractivity contribution >= 4 is 5.91 Å². The van der Waals surface area contributed by atoms with Gasteiger partial charge in [0, 0.05) is 18.8 Å². The van der Waals surface area contributed by atoms with E-state index >= 15 is 0 Å². The minimum Gasteiger partial charge on any atom is -0.434 e. The highest BCUT2D eigenvalue weighted by Gasteiger charge is 2.18. The van der Waals surface area contributed by atoms with Gasteiger partial charge in [-0.1, -0.05) is 18.2 Å². The molecule has 1 amide bonds. The monoisotopic (exact) mass is 294 g/mol. The Morgan fingerprint density at radius 3 is 2.57 bits per heavy atom. The summed E-state index contributed by atoms with van der Waals surface area (Å²) in [5.41, 5.74) is 0.995. The van der Waals surface area contributed by atoms with Crippen molar-refractivity contribution in [2.24, 2.45) is 7.05 Å². The van der Waals surface area contributed by atoms with Gasteiger partial charge < -0.3 is 14.6 Å². The maximum atomic E-state index is 12.4. The molecule has 2 rings (SSSR count). The Morgan fingerprint density at radius 1 is 1.24 bits per heavy atom. The van der Waals surface area contributed by atoms with Crippen molar-refractivity contribution in [3.8, 4) is 5.75 Å². The van der Waals surface area contributed by atoms with Gasteiger partial charge in [-0.2, -0.15) is 8.78 Å². The largest absolute Gasteiger partial charge is 0.434 e. The topological polar surface area (TPSA) is 43.3 Å². The number of hydrogen-bond acceptors (Lipinski definition) is 2. The summed E-state index contributed by atoms with van der Waals surface area (Å²) in [5, 5.41) is 2.77. The predicted octanol–water partition coefficient (Wildman–Crippen LogP) is 3.12. The van der Waals surface area contributed by atoms with Crippen molar-refractivity contribution in [1.82, 2.24) is 9.88 Å². The summed E-state index contributed by atoms with van der Waals surface area (Å²) in [6.07, 6.45) is 1.76. The Morgan fingerprint density at radius 2 is 1.95 bits per heavy atom. The zero-order valence-corrected chi connectivity index (χ0v) is 11.7. The number of aryl methyl sites for hydroxylation is 1. The molecule has 0 aliphatic carbocycles. The van der Waals surface area contributed by atoms with Gasteiger partial charge in [-0.25, -0.2) is 0 Å². The highest BCUT2D eigenvalue weighted by Crippen LogP contribution is 2.26. The number of halogens is 2. The molecule has 0 saturated heterocycles. The van der Waals surface area contributed by atoms with Crippen molar-refractivity contribution < 1.29 is 18.3 Å². The van der Waals surface area contributed by atoms with Crippen molar-refractivity contribution in [2.75, 3.05) is 0 Å². The molecule has 112 valence electrons. The first-order valence-electron chi connectivity index (χ1n) is 6.45. The van der Waals surface area contributed by atoms with E-state index in [9.17, 15) is 13.6 Å². The molecule has 1 aromatic heterocycles. The number of alkyl halides is 2. The number of para-hydroxylation sites is 1. The molecule has 1 heterocycles. The average Bonchev–Trinajstić information content (AvgIpc) is 2.85. The van der Waals surface area contributed by atoms with Crippen molar-refractivity contribution in [2.45, 2.75) is 19.6 Å². The summed E-state index contributed by atoms with van der Waals surface area (Å²) in [7, 11) is 1.76. The lowest BCUT2D eigenvalue weighted by molar-refractivity contribution is -0.0506. The van der Waals surface area contributed by atoms with E-state index in [1.54, 1.807) is 55.1 Å². The molecule has 0 aliphatic rings. The molecule has 2 aromatic rings. The van der Waals surface area contributed by atoms with Crippen LogP contribution in [0.5, 0.6) is 5.75 Å². The fourth-order valence-corrected chi connectivity index (χ4v) is 2.09. The van der Waals surface area contributed by atoms with Crippen LogP contribution in [0.2, 0.25) is 0 Å². The van der Waals surface area contributed by atoms with Crippen molar-refractivity contribution in [3.05, 3.63) is 53.9 Å². The second-order valence-electron chi connectivity index (χ2n) is 4.62. The third-order valence-electron chi connectivity index (χ3n) is 3.13. The molecule has 1 atom stereocenters. The van der Waals surface area contributed by atoms with Gasteiger partial charge in [0.1, 0.15) is 11.4 Å². The summed E-state index contributed by atoms with van der Waals surface area (Å²) in [5.74, 6) is -0.214. The molecular weight excluding hydrogens is 278 g/mol. The number of carbonyl (C=O) groups excluding carboxylic acids is 1. The second kappa shape index (κ2) is 6.39. The Balaban J connectivity index is 2.15. The van der Waals surface area contributed by atoms with Crippen LogP contribution in [0.4, 0.5) is 8.78 Å². The summed E-state index contributed by atoms with van der Waals surface area (Å²) < 4.78 is 30.9. The molecule has 0 unspecified atom stereocenters. The molecule has 0 bridgehead atoms. The second-order valence-corrected chi connectivity index (χ2v) is 4.62. The number of ether oxygens (including phenoxy) is 1. The maximum Gasteiger partial charge on any atom is 0.387 e. The van der Waals surface area contributed by atoms with Gasteiger partial charge in [0.05, 0.1) is 6.04 Å². The van der Waals surface area contributed by atoms with Gasteiger partial charge in [-0.15, -0.1) is 0 Å². The minimum atomic E-state index is -2.90. The Bertz CT molecular complexity index is 626. The van der Waals surface area contributed by atoms with Gasteiger partial charge >= 0.3 is 6.61 Å². The first kappa shape index (κ1) is 15.0. The van der Waals surface area contributed by atoms with E-state index in [0.717, 1.165) is 0 Å². The fourth-order valence-electron chi connectivity index (χ4n) is 2.09. The van der Waals surface area contributed by atoms with E-state index in [4.69, 9.17) is 0 Å². The summed E-state index contributed by atoms with van der Waals surface area (Å²) in [4.78, 5) is 12.1. The van der Waals surface area contributed by atoms with Crippen LogP contribution in [0.1, 0.15) is 29.0 Å². The number of aromatic nitrogens is 1. The molecule has 1 aromatic carbocycles. The van der Waals surface area contributed by atoms with Gasteiger partial charge in [0.2, 0.25) is 0 Å². The van der Waals surface area contributed by atoms with Crippen LogP contribution in [0, 0.1) is 0 Å². The number of nitrogens with one attached hydrogen (secondary N) is 1. The lowest BCUT2D eigenvalue weighted by Crippen LogP contribution is -2.28. The molecule has 4 nitrogen and oxygen atoms in total. The van der Waals surface area contributed by atoms with E-state index in [2.05, 4.69) is 10.1 Å². The minimum absolute atomic E-state index is 0.0622. The van der Waals surface area contributed by atoms with Crippen LogP contribution in [0.25, 0.3) is 0 Å². The lowest BCUT2D eigenvalue weighted by Gasteiger charge is -2.18. The molecule has 0 saturated carbocycles. The van der Waals surface area contributed by atoms with E-state index in [-0.39, 0.29) is 11.7 Å². The molecule has 0 spiro atoms. The van der Waals surface area contributed by atoms with E-state index < -0.39 is 12.7 Å². The first-order valence-corrected chi connectivity index (χ1v) is 6.45. The van der Waals surface area contributed by atoms with E-state index in [1.165, 1.54) is 6.07 Å². The van der Waals surface area contributed by atoms with Gasteiger partial charge in [0.15, 0.2) is 0 Å². The summed E-state index contributed by atoms with van der Waals surface area (Å²) in [6, 6.07) is 9.39. The molecular formula is C15H16F2N2O2. The normalized spacial score (nSPS) is 12.2. The number of nitrogens with zero attached hydrogens (tertiary/aromatic N) is 1. The molecule has 6 heteroatoms. The van der Waals surface area contributed by atoms with Gasteiger partial charge in [-0.3, -0.25) is 4.79 Å². The lowest BCUT2D eigenvalue weighted by atomic mass is 10.1. The summed E-state index contributed by atoms with van der Waals surface area (Å²) >= 11 is 0. The third-order valence-corrected chi connectivity index (χ3v) is 3.13. The van der Waals surface area contributed by atoms with E-state index in [1.807, 2.05) is 0 Å². The highest BCUT2D eigenvalue weighted by molar-refractivity contribution is 5.93. The Kier molecular flexibility index (Phi) is 4.57. The third kappa shape index (κ3) is 3.59. The highest BCUT2D eigenvalue weighted by atomic mass is 19.3. The molecule has 21 heavy (non-hydrogen) atoms. The standard InChI is InChI=1S/C15H16F2N2O2/c1-10(18-14(20)12-7-5-9-19(12)2)11-6-3-4-8-13(11)21-15(16)17/h3-10,15H,1-2H3,(H,18,20)/t10-/m1/s1. The SMILES string of the molecule is C[C@@H](NC(=O)c1cccn1C)c1ccccc1OC(F)F. The zero-order chi connectivity index (χ0) is 15.4. The van der Waals surface area contributed by atoms with Crippen LogP contribution >= 0.6 is 0 Å². The average molecular weight is 294 g/mol. The zero-order valence-electron chi connectivity index (χ0n) is 11.7. The number of rotatable bonds is 5. The number of amides is 1. The van der Waals surface area contributed by atoms with E-state index in [0.29, 0.717) is 11.3 Å². The Hall–Kier alpha value is -2.37. The number of carbonyl (C=O) groups is 1. The molecule has 0 aliphatic heterocycles. The molecule has 1 N–H and O–H groups in total. The Labute approximate surface area is 121 Å². The van der Waals surface area contributed by atoms with Gasteiger partial charge in [-0.05, 0) is 25.1 Å².